The minimum absolute atomic E-state index is 0.0258. The number of amides is 2. The second-order valence-electron chi connectivity index (χ2n) is 9.14. The molecular formula is C27H31N3O2S. The lowest BCUT2D eigenvalue weighted by Crippen LogP contribution is -2.47. The first-order valence-corrected chi connectivity index (χ1v) is 12.9. The molecular weight excluding hydrogens is 430 g/mol. The van der Waals surface area contributed by atoms with Gasteiger partial charge in [-0.1, -0.05) is 42.5 Å². The highest BCUT2D eigenvalue weighted by atomic mass is 32.1. The third kappa shape index (κ3) is 4.82. The molecule has 2 aromatic carbocycles. The molecule has 6 heteroatoms. The fourth-order valence-electron chi connectivity index (χ4n) is 5.24. The first-order valence-electron chi connectivity index (χ1n) is 12.0. The second kappa shape index (κ2) is 10.1. The van der Waals surface area contributed by atoms with Crippen molar-refractivity contribution in [1.82, 2.24) is 15.1 Å². The SMILES string of the molecule is O=C(NCC(c1cccs1)N1CCCC1)C1CCCN(C(=O)c2cccc3ccccc23)C1. The molecule has 0 spiro atoms. The van der Waals surface area contributed by atoms with Crippen LogP contribution >= 0.6 is 11.3 Å². The Kier molecular flexibility index (Phi) is 6.74. The van der Waals surface area contributed by atoms with E-state index in [4.69, 9.17) is 0 Å². The third-order valence-corrected chi connectivity index (χ3v) is 8.00. The molecule has 0 radical (unpaired) electrons. The van der Waals surface area contributed by atoms with Crippen LogP contribution in [0.25, 0.3) is 10.8 Å². The van der Waals surface area contributed by atoms with Crippen molar-refractivity contribution >= 4 is 33.9 Å². The van der Waals surface area contributed by atoms with Crippen molar-refractivity contribution in [2.24, 2.45) is 5.92 Å². The highest BCUT2D eigenvalue weighted by Gasteiger charge is 2.31. The predicted molar refractivity (Wildman–Crippen MR) is 133 cm³/mol. The molecule has 0 bridgehead atoms. The van der Waals surface area contributed by atoms with E-state index >= 15 is 0 Å². The zero-order valence-electron chi connectivity index (χ0n) is 18.9. The largest absolute Gasteiger partial charge is 0.354 e. The Balaban J connectivity index is 1.24. The van der Waals surface area contributed by atoms with E-state index in [0.29, 0.717) is 19.6 Å². The minimum Gasteiger partial charge on any atom is -0.354 e. The van der Waals surface area contributed by atoms with Crippen LogP contribution in [0.3, 0.4) is 0 Å². The van der Waals surface area contributed by atoms with Gasteiger partial charge in [0.1, 0.15) is 0 Å². The number of benzene rings is 2. The summed E-state index contributed by atoms with van der Waals surface area (Å²) in [4.78, 5) is 32.2. The molecule has 2 atom stereocenters. The van der Waals surface area contributed by atoms with Crippen LogP contribution in [0.5, 0.6) is 0 Å². The van der Waals surface area contributed by atoms with Gasteiger partial charge in [0.25, 0.3) is 5.91 Å². The highest BCUT2D eigenvalue weighted by molar-refractivity contribution is 7.10. The number of carbonyl (C=O) groups excluding carboxylic acids is 2. The van der Waals surface area contributed by atoms with Crippen LogP contribution in [-0.4, -0.2) is 54.3 Å². The lowest BCUT2D eigenvalue weighted by atomic mass is 9.95. The highest BCUT2D eigenvalue weighted by Crippen LogP contribution is 2.28. The van der Waals surface area contributed by atoms with Gasteiger partial charge in [-0.15, -0.1) is 11.3 Å². The van der Waals surface area contributed by atoms with E-state index in [1.54, 1.807) is 11.3 Å². The summed E-state index contributed by atoms with van der Waals surface area (Å²) in [7, 11) is 0. The summed E-state index contributed by atoms with van der Waals surface area (Å²) in [6.07, 6.45) is 4.14. The van der Waals surface area contributed by atoms with Crippen molar-refractivity contribution in [2.45, 2.75) is 31.7 Å². The fourth-order valence-corrected chi connectivity index (χ4v) is 6.10. The van der Waals surface area contributed by atoms with Gasteiger partial charge in [0, 0.05) is 30.1 Å². The van der Waals surface area contributed by atoms with Gasteiger partial charge in [-0.3, -0.25) is 14.5 Å². The normalized spacial score (nSPS) is 20.1. The zero-order valence-corrected chi connectivity index (χ0v) is 19.7. The maximum absolute atomic E-state index is 13.4. The van der Waals surface area contributed by atoms with E-state index in [-0.39, 0.29) is 23.8 Å². The number of piperidine rings is 1. The summed E-state index contributed by atoms with van der Waals surface area (Å²) in [6, 6.07) is 18.4. The van der Waals surface area contributed by atoms with Crippen LogP contribution in [0.15, 0.2) is 60.0 Å². The van der Waals surface area contributed by atoms with Crippen LogP contribution in [0.4, 0.5) is 0 Å². The van der Waals surface area contributed by atoms with Gasteiger partial charge in [0.15, 0.2) is 0 Å². The fraction of sp³-hybridized carbons (Fsp3) is 0.407. The molecule has 2 aliphatic rings. The number of fused-ring (bicyclic) bond motifs is 1. The lowest BCUT2D eigenvalue weighted by Gasteiger charge is -2.33. The summed E-state index contributed by atoms with van der Waals surface area (Å²) in [5.41, 5.74) is 0.723. The Morgan fingerprint density at radius 3 is 2.61 bits per heavy atom. The van der Waals surface area contributed by atoms with Gasteiger partial charge in [0.05, 0.1) is 12.0 Å². The molecule has 5 nitrogen and oxygen atoms in total. The maximum atomic E-state index is 13.4. The number of nitrogens with one attached hydrogen (secondary N) is 1. The molecule has 172 valence electrons. The summed E-state index contributed by atoms with van der Waals surface area (Å²) < 4.78 is 0. The maximum Gasteiger partial charge on any atom is 0.254 e. The summed E-state index contributed by atoms with van der Waals surface area (Å²) in [5, 5.41) is 7.38. The van der Waals surface area contributed by atoms with Gasteiger partial charge in [-0.05, 0) is 67.1 Å². The molecule has 2 fully saturated rings. The molecule has 2 amide bonds. The Bertz CT molecular complexity index is 1100. The van der Waals surface area contributed by atoms with E-state index < -0.39 is 0 Å². The topological polar surface area (TPSA) is 52.7 Å². The Morgan fingerprint density at radius 1 is 0.970 bits per heavy atom. The standard InChI is InChI=1S/C27H31N3O2S/c31-26(28-18-24(25-13-7-17-33-25)29-14-3-4-15-29)21-10-6-16-30(19-21)27(32)23-12-5-9-20-8-1-2-11-22(20)23/h1-2,5,7-9,11-13,17,21,24H,3-4,6,10,14-16,18-19H2,(H,28,31). The van der Waals surface area contributed by atoms with Crippen LogP contribution in [0, 0.1) is 5.92 Å². The first kappa shape index (κ1) is 22.1. The molecule has 2 unspecified atom stereocenters. The molecule has 3 heterocycles. The number of thiophene rings is 1. The van der Waals surface area contributed by atoms with E-state index in [0.717, 1.165) is 42.3 Å². The van der Waals surface area contributed by atoms with Crippen LogP contribution in [0.2, 0.25) is 0 Å². The smallest absolute Gasteiger partial charge is 0.254 e. The zero-order chi connectivity index (χ0) is 22.6. The average Bonchev–Trinajstić information content (AvgIpc) is 3.59. The Morgan fingerprint density at radius 2 is 1.79 bits per heavy atom. The van der Waals surface area contributed by atoms with Gasteiger partial charge in [-0.2, -0.15) is 0 Å². The van der Waals surface area contributed by atoms with Crippen molar-refractivity contribution in [3.05, 3.63) is 70.4 Å². The number of hydrogen-bond acceptors (Lipinski definition) is 4. The second-order valence-corrected chi connectivity index (χ2v) is 10.1. The first-order chi connectivity index (χ1) is 16.2. The van der Waals surface area contributed by atoms with E-state index in [1.165, 1.54) is 17.7 Å². The van der Waals surface area contributed by atoms with E-state index in [1.807, 2.05) is 47.4 Å². The van der Waals surface area contributed by atoms with Crippen molar-refractivity contribution in [3.63, 3.8) is 0 Å². The Hall–Kier alpha value is -2.70. The number of hydrogen-bond donors (Lipinski definition) is 1. The van der Waals surface area contributed by atoms with Gasteiger partial charge in [-0.25, -0.2) is 0 Å². The number of carbonyl (C=O) groups is 2. The molecule has 2 aliphatic heterocycles. The Labute approximate surface area is 199 Å². The molecule has 33 heavy (non-hydrogen) atoms. The van der Waals surface area contributed by atoms with E-state index in [9.17, 15) is 9.59 Å². The molecule has 3 aromatic rings. The minimum atomic E-state index is -0.153. The van der Waals surface area contributed by atoms with Crippen molar-refractivity contribution in [1.29, 1.82) is 0 Å². The monoisotopic (exact) mass is 461 g/mol. The quantitative estimate of drug-likeness (QED) is 0.579. The van der Waals surface area contributed by atoms with Crippen molar-refractivity contribution < 1.29 is 9.59 Å². The van der Waals surface area contributed by atoms with Crippen molar-refractivity contribution in [3.8, 4) is 0 Å². The summed E-state index contributed by atoms with van der Waals surface area (Å²) >= 11 is 1.76. The molecule has 1 aromatic heterocycles. The molecule has 0 aliphatic carbocycles. The van der Waals surface area contributed by atoms with Crippen LogP contribution in [-0.2, 0) is 4.79 Å². The number of rotatable bonds is 6. The van der Waals surface area contributed by atoms with Gasteiger partial charge in [0.2, 0.25) is 5.91 Å². The third-order valence-electron chi connectivity index (χ3n) is 7.02. The lowest BCUT2D eigenvalue weighted by molar-refractivity contribution is -0.126. The average molecular weight is 462 g/mol. The van der Waals surface area contributed by atoms with Gasteiger partial charge >= 0.3 is 0 Å². The predicted octanol–water partition coefficient (Wildman–Crippen LogP) is 4.71. The molecule has 5 rings (SSSR count). The number of nitrogens with zero attached hydrogens (tertiary/aromatic N) is 2. The van der Waals surface area contributed by atoms with Crippen molar-refractivity contribution in [2.75, 3.05) is 32.7 Å². The molecule has 0 saturated carbocycles. The molecule has 1 N–H and O–H groups in total. The van der Waals surface area contributed by atoms with Crippen LogP contribution in [0.1, 0.15) is 47.0 Å². The molecule has 2 saturated heterocycles. The number of likely N-dealkylation sites (tertiary alicyclic amines) is 2. The summed E-state index contributed by atoms with van der Waals surface area (Å²) in [6.45, 7) is 4.01. The summed E-state index contributed by atoms with van der Waals surface area (Å²) in [5.74, 6) is -0.0516. The van der Waals surface area contributed by atoms with Crippen LogP contribution < -0.4 is 5.32 Å². The van der Waals surface area contributed by atoms with Gasteiger partial charge < -0.3 is 10.2 Å². The van der Waals surface area contributed by atoms with E-state index in [2.05, 4.69) is 27.7 Å².